The normalized spacial score (nSPS) is 10.6. The minimum absolute atomic E-state index is 0.343. The number of nitrogens with zero attached hydrogens (tertiary/aromatic N) is 3. The Bertz CT molecular complexity index is 559. The Morgan fingerprint density at radius 3 is 2.75 bits per heavy atom. The van der Waals surface area contributed by atoms with Crippen molar-refractivity contribution in [3.63, 3.8) is 0 Å². The molecule has 2 rings (SSSR count). The molecule has 0 fully saturated rings. The fourth-order valence-electron chi connectivity index (χ4n) is 1.67. The third-order valence-corrected chi connectivity index (χ3v) is 3.53. The number of hydrogen-bond acceptors (Lipinski definition) is 8. The molecule has 108 valence electrons. The summed E-state index contributed by atoms with van der Waals surface area (Å²) in [7, 11) is 1.60. The van der Waals surface area contributed by atoms with E-state index in [2.05, 4.69) is 25.7 Å². The molecule has 0 aliphatic heterocycles. The molecule has 0 aliphatic carbocycles. The molecule has 2 heterocycles. The third-order valence-electron chi connectivity index (χ3n) is 2.51. The summed E-state index contributed by atoms with van der Waals surface area (Å²) in [6.45, 7) is 3.09. The van der Waals surface area contributed by atoms with Crippen molar-refractivity contribution in [3.8, 4) is 0 Å². The second-order valence-corrected chi connectivity index (χ2v) is 5.13. The van der Waals surface area contributed by atoms with E-state index < -0.39 is 0 Å². The molecule has 0 spiro atoms. The lowest BCUT2D eigenvalue weighted by Crippen LogP contribution is -2.13. The molecule has 0 unspecified atom stereocenters. The Labute approximate surface area is 121 Å². The number of nitrogens with two attached hydrogens (primary N) is 1. The number of aromatic nitrogens is 3. The summed E-state index contributed by atoms with van der Waals surface area (Å²) < 4.78 is 5.03. The molecule has 0 aliphatic rings. The minimum Gasteiger partial charge on any atom is -0.377 e. The van der Waals surface area contributed by atoms with E-state index in [-0.39, 0.29) is 0 Å². The van der Waals surface area contributed by atoms with Crippen molar-refractivity contribution in [1.29, 1.82) is 0 Å². The fourth-order valence-corrected chi connectivity index (χ4v) is 2.45. The van der Waals surface area contributed by atoms with Crippen molar-refractivity contribution >= 4 is 23.0 Å². The minimum atomic E-state index is 0.343. The molecule has 2 aromatic rings. The summed E-state index contributed by atoms with van der Waals surface area (Å²) >= 11 is 1.67. The first-order valence-corrected chi connectivity index (χ1v) is 7.07. The molecule has 8 heteroatoms. The SMILES string of the molecule is COCc1nc(NN)cc(NCCc2nc(C)cs2)n1. The van der Waals surface area contributed by atoms with E-state index in [4.69, 9.17) is 10.6 Å². The maximum Gasteiger partial charge on any atom is 0.158 e. The Balaban J connectivity index is 1.95. The molecular formula is C12H18N6OS. The van der Waals surface area contributed by atoms with Crippen LogP contribution in [0.15, 0.2) is 11.4 Å². The highest BCUT2D eigenvalue weighted by atomic mass is 32.1. The van der Waals surface area contributed by atoms with Gasteiger partial charge in [0, 0.05) is 37.2 Å². The van der Waals surface area contributed by atoms with Gasteiger partial charge in [0.15, 0.2) is 5.82 Å². The van der Waals surface area contributed by atoms with Crippen LogP contribution in [0.4, 0.5) is 11.6 Å². The van der Waals surface area contributed by atoms with E-state index >= 15 is 0 Å². The van der Waals surface area contributed by atoms with Crippen LogP contribution in [0.3, 0.4) is 0 Å². The number of anilines is 2. The topological polar surface area (TPSA) is 98.0 Å². The molecule has 0 saturated heterocycles. The Kier molecular flexibility index (Phi) is 5.22. The first kappa shape index (κ1) is 14.6. The number of thiazole rings is 1. The van der Waals surface area contributed by atoms with Gasteiger partial charge >= 0.3 is 0 Å². The monoisotopic (exact) mass is 294 g/mol. The highest BCUT2D eigenvalue weighted by molar-refractivity contribution is 7.09. The van der Waals surface area contributed by atoms with Gasteiger partial charge in [-0.2, -0.15) is 0 Å². The van der Waals surface area contributed by atoms with Crippen LogP contribution >= 0.6 is 11.3 Å². The van der Waals surface area contributed by atoms with E-state index in [9.17, 15) is 0 Å². The standard InChI is InChI=1S/C12H18N6OS/c1-8-7-20-12(15-8)3-4-14-9-5-10(18-13)17-11(16-9)6-19-2/h5,7H,3-4,6,13H2,1-2H3,(H2,14,16,17,18). The van der Waals surface area contributed by atoms with Gasteiger partial charge in [-0.3, -0.25) is 0 Å². The zero-order valence-electron chi connectivity index (χ0n) is 11.5. The van der Waals surface area contributed by atoms with Crippen molar-refractivity contribution < 1.29 is 4.74 Å². The van der Waals surface area contributed by atoms with Crippen LogP contribution in [0.2, 0.25) is 0 Å². The fraction of sp³-hybridized carbons (Fsp3) is 0.417. The highest BCUT2D eigenvalue weighted by Crippen LogP contribution is 2.12. The maximum absolute atomic E-state index is 5.39. The molecule has 7 nitrogen and oxygen atoms in total. The molecule has 0 aromatic carbocycles. The van der Waals surface area contributed by atoms with E-state index in [0.717, 1.165) is 23.7 Å². The van der Waals surface area contributed by atoms with Crippen molar-refractivity contribution in [2.75, 3.05) is 24.4 Å². The zero-order chi connectivity index (χ0) is 14.4. The van der Waals surface area contributed by atoms with Crippen molar-refractivity contribution in [2.24, 2.45) is 5.84 Å². The summed E-state index contributed by atoms with van der Waals surface area (Å²) in [6, 6.07) is 1.76. The molecule has 0 bridgehead atoms. The van der Waals surface area contributed by atoms with Crippen LogP contribution in [0.5, 0.6) is 0 Å². The summed E-state index contributed by atoms with van der Waals surface area (Å²) in [5.74, 6) is 7.24. The first-order valence-electron chi connectivity index (χ1n) is 6.19. The van der Waals surface area contributed by atoms with Gasteiger partial charge in [0.1, 0.15) is 18.2 Å². The molecule has 2 aromatic heterocycles. The molecule has 0 amide bonds. The van der Waals surface area contributed by atoms with Gasteiger partial charge in [-0.25, -0.2) is 20.8 Å². The Morgan fingerprint density at radius 1 is 1.30 bits per heavy atom. The van der Waals surface area contributed by atoms with E-state index in [1.807, 2.05) is 12.3 Å². The maximum atomic E-state index is 5.39. The number of aryl methyl sites for hydroxylation is 1. The van der Waals surface area contributed by atoms with Crippen LogP contribution < -0.4 is 16.6 Å². The zero-order valence-corrected chi connectivity index (χ0v) is 12.3. The van der Waals surface area contributed by atoms with Crippen molar-refractivity contribution in [2.45, 2.75) is 20.0 Å². The van der Waals surface area contributed by atoms with Crippen LogP contribution in [-0.4, -0.2) is 28.6 Å². The smallest absolute Gasteiger partial charge is 0.158 e. The third kappa shape index (κ3) is 4.12. The second-order valence-electron chi connectivity index (χ2n) is 4.19. The van der Waals surface area contributed by atoms with Gasteiger partial charge in [-0.15, -0.1) is 11.3 Å². The molecule has 4 N–H and O–H groups in total. The summed E-state index contributed by atoms with van der Waals surface area (Å²) in [5, 5.41) is 6.40. The summed E-state index contributed by atoms with van der Waals surface area (Å²) in [4.78, 5) is 13.0. The largest absolute Gasteiger partial charge is 0.377 e. The van der Waals surface area contributed by atoms with Crippen molar-refractivity contribution in [1.82, 2.24) is 15.0 Å². The molecular weight excluding hydrogens is 276 g/mol. The van der Waals surface area contributed by atoms with Gasteiger partial charge in [-0.05, 0) is 6.92 Å². The predicted molar refractivity (Wildman–Crippen MR) is 79.6 cm³/mol. The van der Waals surface area contributed by atoms with E-state index in [0.29, 0.717) is 24.1 Å². The second kappa shape index (κ2) is 7.13. The quantitative estimate of drug-likeness (QED) is 0.523. The molecule has 0 radical (unpaired) electrons. The predicted octanol–water partition coefficient (Wildman–Crippen LogP) is 1.33. The lowest BCUT2D eigenvalue weighted by molar-refractivity contribution is 0.178. The first-order chi connectivity index (χ1) is 9.71. The highest BCUT2D eigenvalue weighted by Gasteiger charge is 2.04. The van der Waals surface area contributed by atoms with Crippen LogP contribution in [0.1, 0.15) is 16.5 Å². The van der Waals surface area contributed by atoms with E-state index in [1.165, 1.54) is 0 Å². The number of ether oxygens (including phenoxy) is 1. The van der Waals surface area contributed by atoms with Gasteiger partial charge in [0.25, 0.3) is 0 Å². The van der Waals surface area contributed by atoms with Gasteiger partial charge in [-0.1, -0.05) is 0 Å². The average Bonchev–Trinajstić information content (AvgIpc) is 2.84. The Hall–Kier alpha value is -1.77. The summed E-state index contributed by atoms with van der Waals surface area (Å²) in [6.07, 6.45) is 0.855. The number of nitrogen functional groups attached to an aromatic ring is 1. The van der Waals surface area contributed by atoms with Crippen LogP contribution in [0, 0.1) is 6.92 Å². The van der Waals surface area contributed by atoms with Gasteiger partial charge < -0.3 is 15.5 Å². The van der Waals surface area contributed by atoms with Gasteiger partial charge in [0.2, 0.25) is 0 Å². The number of nitrogens with one attached hydrogen (secondary N) is 2. The number of hydrazine groups is 1. The van der Waals surface area contributed by atoms with E-state index in [1.54, 1.807) is 24.5 Å². The van der Waals surface area contributed by atoms with Crippen LogP contribution in [0.25, 0.3) is 0 Å². The number of methoxy groups -OCH3 is 1. The lowest BCUT2D eigenvalue weighted by Gasteiger charge is -2.08. The Morgan fingerprint density at radius 2 is 2.10 bits per heavy atom. The number of rotatable bonds is 7. The molecule has 0 saturated carbocycles. The van der Waals surface area contributed by atoms with Crippen LogP contribution in [-0.2, 0) is 17.8 Å². The summed E-state index contributed by atoms with van der Waals surface area (Å²) in [5.41, 5.74) is 3.58. The lowest BCUT2D eigenvalue weighted by atomic mass is 10.4. The van der Waals surface area contributed by atoms with Crippen molar-refractivity contribution in [3.05, 3.63) is 28.0 Å². The average molecular weight is 294 g/mol. The molecule has 20 heavy (non-hydrogen) atoms. The van der Waals surface area contributed by atoms with Gasteiger partial charge in [0.05, 0.1) is 5.01 Å². The number of hydrogen-bond donors (Lipinski definition) is 3. The molecule has 0 atom stereocenters.